The van der Waals surface area contributed by atoms with Gasteiger partial charge < -0.3 is 14.8 Å². The lowest BCUT2D eigenvalue weighted by atomic mass is 10.1. The summed E-state index contributed by atoms with van der Waals surface area (Å²) in [5, 5.41) is 3.54. The van der Waals surface area contributed by atoms with Crippen LogP contribution in [-0.4, -0.2) is 25.1 Å². The van der Waals surface area contributed by atoms with Crippen LogP contribution in [0.15, 0.2) is 36.4 Å². The van der Waals surface area contributed by atoms with E-state index in [0.29, 0.717) is 37.3 Å². The highest BCUT2D eigenvalue weighted by Crippen LogP contribution is 2.26. The van der Waals surface area contributed by atoms with Crippen molar-refractivity contribution in [3.05, 3.63) is 58.1 Å². The molecule has 2 aromatic rings. The van der Waals surface area contributed by atoms with Gasteiger partial charge in [-0.25, -0.2) is 4.79 Å². The first-order chi connectivity index (χ1) is 13.4. The molecule has 0 aromatic heterocycles. The predicted octanol–water partition coefficient (Wildman–Crippen LogP) is 5.32. The van der Waals surface area contributed by atoms with Gasteiger partial charge in [-0.15, -0.1) is 0 Å². The Labute approximate surface area is 171 Å². The fraction of sp³-hybridized carbons (Fsp3) is 0.364. The van der Waals surface area contributed by atoms with E-state index in [2.05, 4.69) is 5.32 Å². The number of esters is 1. The number of carbonyl (C=O) groups is 2. The summed E-state index contributed by atoms with van der Waals surface area (Å²) in [6.07, 6.45) is 1.65. The molecule has 1 N–H and O–H groups in total. The van der Waals surface area contributed by atoms with E-state index >= 15 is 0 Å². The molecule has 0 spiro atoms. The van der Waals surface area contributed by atoms with Crippen molar-refractivity contribution in [3.63, 3.8) is 0 Å². The first kappa shape index (κ1) is 21.8. The molecule has 0 atom stereocenters. The van der Waals surface area contributed by atoms with Gasteiger partial charge in [0.1, 0.15) is 5.75 Å². The van der Waals surface area contributed by atoms with Gasteiger partial charge in [0.05, 0.1) is 18.8 Å². The van der Waals surface area contributed by atoms with Crippen LogP contribution < -0.4 is 10.1 Å². The van der Waals surface area contributed by atoms with Gasteiger partial charge in [-0.05, 0) is 68.1 Å². The second kappa shape index (κ2) is 10.7. The molecule has 0 radical (unpaired) electrons. The van der Waals surface area contributed by atoms with Gasteiger partial charge in [-0.1, -0.05) is 24.6 Å². The number of hydrogen-bond acceptors (Lipinski definition) is 4. The van der Waals surface area contributed by atoms with Crippen LogP contribution in [0.3, 0.4) is 0 Å². The lowest BCUT2D eigenvalue weighted by Gasteiger charge is -2.10. The van der Waals surface area contributed by atoms with Gasteiger partial charge in [0.25, 0.3) is 0 Å². The summed E-state index contributed by atoms with van der Waals surface area (Å²) >= 11 is 6.15. The normalized spacial score (nSPS) is 10.4. The lowest BCUT2D eigenvalue weighted by molar-refractivity contribution is -0.116. The molecule has 0 aliphatic heterocycles. The number of amides is 1. The zero-order chi connectivity index (χ0) is 20.5. The molecular weight excluding hydrogens is 378 g/mol. The second-order valence-electron chi connectivity index (χ2n) is 6.59. The maximum atomic E-state index is 12.1. The molecular formula is C22H26ClNO4. The quantitative estimate of drug-likeness (QED) is 0.454. The Balaban J connectivity index is 1.79. The minimum Gasteiger partial charge on any atom is -0.494 e. The molecule has 6 heteroatoms. The monoisotopic (exact) mass is 403 g/mol. The third kappa shape index (κ3) is 6.57. The van der Waals surface area contributed by atoms with Gasteiger partial charge in [0, 0.05) is 17.1 Å². The van der Waals surface area contributed by atoms with Gasteiger partial charge in [-0.2, -0.15) is 0 Å². The van der Waals surface area contributed by atoms with E-state index in [4.69, 9.17) is 21.1 Å². The van der Waals surface area contributed by atoms with Crippen molar-refractivity contribution < 1.29 is 19.1 Å². The fourth-order valence-electron chi connectivity index (χ4n) is 2.64. The van der Waals surface area contributed by atoms with E-state index in [1.165, 1.54) is 0 Å². The van der Waals surface area contributed by atoms with Crippen LogP contribution in [-0.2, 0) is 9.53 Å². The van der Waals surface area contributed by atoms with Crippen molar-refractivity contribution in [1.29, 1.82) is 0 Å². The Kier molecular flexibility index (Phi) is 8.33. The first-order valence-corrected chi connectivity index (χ1v) is 9.75. The van der Waals surface area contributed by atoms with Crippen LogP contribution >= 0.6 is 11.6 Å². The Morgan fingerprint density at radius 1 is 1.07 bits per heavy atom. The van der Waals surface area contributed by atoms with E-state index in [1.54, 1.807) is 24.3 Å². The molecule has 28 heavy (non-hydrogen) atoms. The number of halogens is 1. The summed E-state index contributed by atoms with van der Waals surface area (Å²) in [6, 6.07) is 10.5. The molecule has 0 fully saturated rings. The van der Waals surface area contributed by atoms with Crippen LogP contribution in [0.5, 0.6) is 5.75 Å². The van der Waals surface area contributed by atoms with Crippen molar-refractivity contribution in [3.8, 4) is 5.75 Å². The third-order valence-corrected chi connectivity index (χ3v) is 4.64. The van der Waals surface area contributed by atoms with Gasteiger partial charge >= 0.3 is 5.97 Å². The van der Waals surface area contributed by atoms with Gasteiger partial charge in [0.2, 0.25) is 5.91 Å². The molecule has 2 aromatic carbocycles. The highest BCUT2D eigenvalue weighted by molar-refractivity contribution is 6.32. The number of nitrogens with one attached hydrogen (secondary N) is 1. The Bertz CT molecular complexity index is 812. The van der Waals surface area contributed by atoms with E-state index in [0.717, 1.165) is 28.3 Å². The van der Waals surface area contributed by atoms with E-state index in [1.807, 2.05) is 32.9 Å². The van der Waals surface area contributed by atoms with Crippen molar-refractivity contribution >= 4 is 29.2 Å². The van der Waals surface area contributed by atoms with Crippen molar-refractivity contribution in [2.24, 2.45) is 0 Å². The summed E-state index contributed by atoms with van der Waals surface area (Å²) < 4.78 is 10.8. The lowest BCUT2D eigenvalue weighted by Crippen LogP contribution is -2.13. The number of hydrogen-bond donors (Lipinski definition) is 1. The molecule has 1 amide bonds. The summed E-state index contributed by atoms with van der Waals surface area (Å²) in [6.45, 7) is 6.60. The molecule has 5 nitrogen and oxygen atoms in total. The van der Waals surface area contributed by atoms with Crippen molar-refractivity contribution in [2.45, 2.75) is 40.0 Å². The fourth-order valence-corrected chi connectivity index (χ4v) is 2.75. The number of anilines is 1. The van der Waals surface area contributed by atoms with E-state index < -0.39 is 0 Å². The summed E-state index contributed by atoms with van der Waals surface area (Å²) in [7, 11) is 0. The number of benzene rings is 2. The maximum Gasteiger partial charge on any atom is 0.338 e. The van der Waals surface area contributed by atoms with Crippen LogP contribution in [0.25, 0.3) is 0 Å². The Hall–Kier alpha value is -2.53. The minimum atomic E-state index is -0.389. The van der Waals surface area contributed by atoms with Crippen molar-refractivity contribution in [2.75, 3.05) is 18.5 Å². The van der Waals surface area contributed by atoms with Crippen LogP contribution in [0, 0.1) is 13.8 Å². The predicted molar refractivity (Wildman–Crippen MR) is 111 cm³/mol. The van der Waals surface area contributed by atoms with Crippen LogP contribution in [0.4, 0.5) is 5.69 Å². The number of ether oxygens (including phenoxy) is 2. The van der Waals surface area contributed by atoms with E-state index in [-0.39, 0.29) is 11.9 Å². The van der Waals surface area contributed by atoms with Crippen LogP contribution in [0.1, 0.15) is 47.7 Å². The largest absolute Gasteiger partial charge is 0.494 e. The van der Waals surface area contributed by atoms with Gasteiger partial charge in [-0.3, -0.25) is 4.79 Å². The molecule has 0 saturated heterocycles. The molecule has 0 unspecified atom stereocenters. The SMILES string of the molecule is CCCOC(=O)c1cccc(NC(=O)CCCOc2cc(C)c(Cl)c(C)c2)c1. The van der Waals surface area contributed by atoms with Gasteiger partial charge in [0.15, 0.2) is 0 Å². The molecule has 0 saturated carbocycles. The smallest absolute Gasteiger partial charge is 0.338 e. The molecule has 0 aliphatic rings. The average Bonchev–Trinajstić information content (AvgIpc) is 2.67. The summed E-state index contributed by atoms with van der Waals surface area (Å²) in [5.74, 6) is 0.226. The third-order valence-electron chi connectivity index (χ3n) is 4.05. The number of rotatable bonds is 9. The first-order valence-electron chi connectivity index (χ1n) is 9.37. The van der Waals surface area contributed by atoms with E-state index in [9.17, 15) is 9.59 Å². The molecule has 0 aliphatic carbocycles. The minimum absolute atomic E-state index is 0.133. The highest BCUT2D eigenvalue weighted by atomic mass is 35.5. The topological polar surface area (TPSA) is 64.6 Å². The average molecular weight is 404 g/mol. The summed E-state index contributed by atoms with van der Waals surface area (Å²) in [4.78, 5) is 24.0. The molecule has 0 bridgehead atoms. The van der Waals surface area contributed by atoms with Crippen molar-refractivity contribution in [1.82, 2.24) is 0 Å². The maximum absolute atomic E-state index is 12.1. The molecule has 0 heterocycles. The number of aryl methyl sites for hydroxylation is 2. The second-order valence-corrected chi connectivity index (χ2v) is 6.97. The van der Waals surface area contributed by atoms with Crippen LogP contribution in [0.2, 0.25) is 5.02 Å². The highest BCUT2D eigenvalue weighted by Gasteiger charge is 2.09. The zero-order valence-corrected chi connectivity index (χ0v) is 17.3. The standard InChI is InChI=1S/C22H26ClNO4/c1-4-10-28-22(26)17-7-5-8-18(14-17)24-20(25)9-6-11-27-19-12-15(2)21(23)16(3)13-19/h5,7-8,12-14H,4,6,9-11H2,1-3H3,(H,24,25). The zero-order valence-electron chi connectivity index (χ0n) is 16.5. The summed E-state index contributed by atoms with van der Waals surface area (Å²) in [5.41, 5.74) is 2.92. The molecule has 2 rings (SSSR count). The Morgan fingerprint density at radius 3 is 2.46 bits per heavy atom. The number of carbonyl (C=O) groups excluding carboxylic acids is 2. The Morgan fingerprint density at radius 2 is 1.79 bits per heavy atom. The molecule has 150 valence electrons.